The van der Waals surface area contributed by atoms with Crippen LogP contribution in [-0.4, -0.2) is 15.3 Å². The zero-order chi connectivity index (χ0) is 9.80. The predicted octanol–water partition coefficient (Wildman–Crippen LogP) is 2.33. The van der Waals surface area contributed by atoms with Gasteiger partial charge in [0.15, 0.2) is 0 Å². The lowest BCUT2D eigenvalue weighted by Crippen LogP contribution is -1.82. The van der Waals surface area contributed by atoms with Gasteiger partial charge in [0, 0.05) is 6.20 Å². The van der Waals surface area contributed by atoms with Gasteiger partial charge in [0.05, 0.1) is 4.90 Å². The van der Waals surface area contributed by atoms with Gasteiger partial charge < -0.3 is 5.11 Å². The van der Waals surface area contributed by atoms with Crippen LogP contribution < -0.4 is 0 Å². The first-order valence-corrected chi connectivity index (χ1v) is 4.91. The van der Waals surface area contributed by atoms with Crippen LogP contribution in [-0.2, 0) is 0 Å². The maximum atomic E-state index is 9.50. The quantitative estimate of drug-likeness (QED) is 0.815. The summed E-state index contributed by atoms with van der Waals surface area (Å²) in [5.41, 5.74) is 0. The molecule has 0 amide bonds. The third kappa shape index (κ3) is 2.03. The van der Waals surface area contributed by atoms with Crippen LogP contribution in [0.4, 0.5) is 0 Å². The molecule has 4 heteroatoms. The maximum absolute atomic E-state index is 9.50. The molecule has 0 radical (unpaired) electrons. The summed E-state index contributed by atoms with van der Waals surface area (Å²) < 4.78 is 0. The highest BCUT2D eigenvalue weighted by Crippen LogP contribution is 2.32. The molecule has 0 saturated carbocycles. The second-order valence-corrected chi connectivity index (χ2v) is 3.69. The summed E-state index contributed by atoms with van der Waals surface area (Å²) in [6.45, 7) is 0. The monoisotopic (exact) mass is 204 g/mol. The molecule has 70 valence electrons. The Balaban J connectivity index is 2.24. The van der Waals surface area contributed by atoms with E-state index in [9.17, 15) is 5.11 Å². The summed E-state index contributed by atoms with van der Waals surface area (Å²) in [6.07, 6.45) is 1.62. The highest BCUT2D eigenvalue weighted by atomic mass is 32.2. The number of benzene rings is 1. The van der Waals surface area contributed by atoms with Crippen molar-refractivity contribution in [3.05, 3.63) is 42.6 Å². The molecule has 0 bridgehead atoms. The van der Waals surface area contributed by atoms with Gasteiger partial charge in [-0.1, -0.05) is 23.9 Å². The van der Waals surface area contributed by atoms with E-state index in [2.05, 4.69) is 10.2 Å². The fraction of sp³-hybridized carbons (Fsp3) is 0. The third-order valence-electron chi connectivity index (χ3n) is 1.63. The lowest BCUT2D eigenvalue weighted by Gasteiger charge is -2.01. The molecule has 3 nitrogen and oxygen atoms in total. The van der Waals surface area contributed by atoms with Gasteiger partial charge in [-0.3, -0.25) is 0 Å². The largest absolute Gasteiger partial charge is 0.507 e. The molecular weight excluding hydrogens is 196 g/mol. The van der Waals surface area contributed by atoms with Gasteiger partial charge in [0.2, 0.25) is 0 Å². The standard InChI is InChI=1S/C10H8N2OS/c13-8-4-1-2-5-9(8)14-10-6-3-7-11-12-10/h1-7,13H. The molecule has 14 heavy (non-hydrogen) atoms. The Morgan fingerprint density at radius 1 is 1.07 bits per heavy atom. The molecule has 0 aliphatic rings. The minimum atomic E-state index is 0.267. The second-order valence-electron chi connectivity index (χ2n) is 2.63. The van der Waals surface area contributed by atoms with E-state index in [0.717, 1.165) is 9.92 Å². The molecule has 2 rings (SSSR count). The topological polar surface area (TPSA) is 46.0 Å². The van der Waals surface area contributed by atoms with Crippen molar-refractivity contribution in [1.82, 2.24) is 10.2 Å². The van der Waals surface area contributed by atoms with Gasteiger partial charge in [-0.15, -0.1) is 5.10 Å². The molecule has 0 spiro atoms. The predicted molar refractivity (Wildman–Crippen MR) is 54.3 cm³/mol. The lowest BCUT2D eigenvalue weighted by atomic mass is 10.3. The van der Waals surface area contributed by atoms with Crippen LogP contribution in [0.2, 0.25) is 0 Å². The van der Waals surface area contributed by atoms with Crippen molar-refractivity contribution in [2.45, 2.75) is 9.92 Å². The van der Waals surface area contributed by atoms with Gasteiger partial charge in [-0.2, -0.15) is 5.10 Å². The van der Waals surface area contributed by atoms with Crippen LogP contribution in [0.15, 0.2) is 52.5 Å². The number of aromatic nitrogens is 2. The number of rotatable bonds is 2. The van der Waals surface area contributed by atoms with Gasteiger partial charge >= 0.3 is 0 Å². The number of nitrogens with zero attached hydrogens (tertiary/aromatic N) is 2. The van der Waals surface area contributed by atoms with Gasteiger partial charge in [0.25, 0.3) is 0 Å². The smallest absolute Gasteiger partial charge is 0.129 e. The van der Waals surface area contributed by atoms with E-state index in [-0.39, 0.29) is 5.75 Å². The van der Waals surface area contributed by atoms with Crippen molar-refractivity contribution >= 4 is 11.8 Å². The summed E-state index contributed by atoms with van der Waals surface area (Å²) in [4.78, 5) is 0.785. The Morgan fingerprint density at radius 3 is 2.64 bits per heavy atom. The summed E-state index contributed by atoms with van der Waals surface area (Å²) in [5.74, 6) is 0.267. The van der Waals surface area contributed by atoms with E-state index in [4.69, 9.17) is 0 Å². The van der Waals surface area contributed by atoms with Crippen LogP contribution in [0.25, 0.3) is 0 Å². The maximum Gasteiger partial charge on any atom is 0.129 e. The van der Waals surface area contributed by atoms with Crippen LogP contribution in [0.1, 0.15) is 0 Å². The van der Waals surface area contributed by atoms with Crippen molar-refractivity contribution in [3.8, 4) is 5.75 Å². The highest BCUT2D eigenvalue weighted by Gasteiger charge is 2.02. The fourth-order valence-electron chi connectivity index (χ4n) is 0.998. The molecule has 1 N–H and O–H groups in total. The molecule has 1 aromatic heterocycles. The summed E-state index contributed by atoms with van der Waals surface area (Å²) >= 11 is 1.39. The number of phenolic OH excluding ortho intramolecular Hbond substituents is 1. The molecule has 1 heterocycles. The first-order valence-electron chi connectivity index (χ1n) is 4.10. The number of hydrogen-bond acceptors (Lipinski definition) is 4. The fourth-order valence-corrected chi connectivity index (χ4v) is 1.78. The summed E-state index contributed by atoms with van der Waals surface area (Å²) in [5, 5.41) is 18.0. The average molecular weight is 204 g/mol. The Kier molecular flexibility index (Phi) is 2.65. The minimum absolute atomic E-state index is 0.267. The molecule has 0 aliphatic heterocycles. The number of phenols is 1. The number of para-hydroxylation sites is 1. The van der Waals surface area contributed by atoms with Crippen molar-refractivity contribution in [2.24, 2.45) is 0 Å². The van der Waals surface area contributed by atoms with E-state index >= 15 is 0 Å². The van der Waals surface area contributed by atoms with Gasteiger partial charge in [-0.25, -0.2) is 0 Å². The minimum Gasteiger partial charge on any atom is -0.507 e. The molecule has 0 fully saturated rings. The van der Waals surface area contributed by atoms with Gasteiger partial charge in [-0.05, 0) is 24.3 Å². The molecule has 0 unspecified atom stereocenters. The van der Waals surface area contributed by atoms with Crippen LogP contribution in [0, 0.1) is 0 Å². The molecule has 0 atom stereocenters. The van der Waals surface area contributed by atoms with Gasteiger partial charge in [0.1, 0.15) is 10.8 Å². The van der Waals surface area contributed by atoms with E-state index in [1.54, 1.807) is 18.3 Å². The summed E-state index contributed by atoms with van der Waals surface area (Å²) in [6, 6.07) is 10.8. The number of aromatic hydroxyl groups is 1. The molecule has 1 aromatic carbocycles. The summed E-state index contributed by atoms with van der Waals surface area (Å²) in [7, 11) is 0. The molecule has 0 saturated heterocycles. The highest BCUT2D eigenvalue weighted by molar-refractivity contribution is 7.99. The molecule has 0 aliphatic carbocycles. The zero-order valence-electron chi connectivity index (χ0n) is 7.29. The van der Waals surface area contributed by atoms with Crippen molar-refractivity contribution in [2.75, 3.05) is 0 Å². The molecular formula is C10H8N2OS. The second kappa shape index (κ2) is 4.11. The lowest BCUT2D eigenvalue weighted by molar-refractivity contribution is 0.462. The Hall–Kier alpha value is -1.55. The van der Waals surface area contributed by atoms with E-state index in [1.807, 2.05) is 24.3 Å². The van der Waals surface area contributed by atoms with Crippen LogP contribution >= 0.6 is 11.8 Å². The Labute approximate surface area is 85.8 Å². The van der Waals surface area contributed by atoms with E-state index < -0.39 is 0 Å². The van der Waals surface area contributed by atoms with Crippen LogP contribution in [0.5, 0.6) is 5.75 Å². The Morgan fingerprint density at radius 2 is 1.93 bits per heavy atom. The van der Waals surface area contributed by atoms with Crippen molar-refractivity contribution < 1.29 is 5.11 Å². The van der Waals surface area contributed by atoms with Crippen molar-refractivity contribution in [3.63, 3.8) is 0 Å². The third-order valence-corrected chi connectivity index (χ3v) is 2.62. The zero-order valence-corrected chi connectivity index (χ0v) is 8.11. The average Bonchev–Trinajstić information content (AvgIpc) is 2.23. The molecule has 2 aromatic rings. The van der Waals surface area contributed by atoms with Crippen LogP contribution in [0.3, 0.4) is 0 Å². The first-order chi connectivity index (χ1) is 6.86. The first kappa shape index (κ1) is 9.02. The SMILES string of the molecule is Oc1ccccc1Sc1cccnn1. The van der Waals surface area contributed by atoms with Crippen molar-refractivity contribution in [1.29, 1.82) is 0 Å². The normalized spacial score (nSPS) is 10.0. The van der Waals surface area contributed by atoms with E-state index in [0.29, 0.717) is 0 Å². The number of hydrogen-bond donors (Lipinski definition) is 1. The van der Waals surface area contributed by atoms with E-state index in [1.165, 1.54) is 11.8 Å². The Bertz CT molecular complexity index is 419.